The number of pyridine rings is 1. The zero-order chi connectivity index (χ0) is 22.0. The highest BCUT2D eigenvalue weighted by molar-refractivity contribution is 6.03. The Bertz CT molecular complexity index is 1080. The molecule has 3 aromatic rings. The number of ether oxygens (including phenoxy) is 1. The molecule has 2 aromatic heterocycles. The van der Waals surface area contributed by atoms with Crippen molar-refractivity contribution in [2.45, 2.75) is 52.2 Å². The summed E-state index contributed by atoms with van der Waals surface area (Å²) in [5.74, 6) is -0.711. The van der Waals surface area contributed by atoms with Crippen molar-refractivity contribution >= 4 is 22.9 Å². The molecular weight excluding hydrogens is 392 g/mol. The molecule has 3 heterocycles. The van der Waals surface area contributed by atoms with Crippen LogP contribution in [0.5, 0.6) is 0 Å². The third kappa shape index (κ3) is 4.31. The second kappa shape index (κ2) is 8.88. The van der Waals surface area contributed by atoms with Crippen molar-refractivity contribution in [1.29, 1.82) is 0 Å². The monoisotopic (exact) mass is 420 g/mol. The number of likely N-dealkylation sites (tertiary alicyclic amines) is 1. The normalized spacial score (nSPS) is 15.3. The number of esters is 1. The van der Waals surface area contributed by atoms with Gasteiger partial charge in [-0.05, 0) is 46.1 Å². The van der Waals surface area contributed by atoms with E-state index in [0.717, 1.165) is 19.3 Å². The van der Waals surface area contributed by atoms with Gasteiger partial charge in [0.25, 0.3) is 5.91 Å². The number of nitrogens with zero attached hydrogens (tertiary/aromatic N) is 4. The Morgan fingerprint density at radius 3 is 2.45 bits per heavy atom. The maximum atomic E-state index is 13.3. The Labute approximate surface area is 182 Å². The fourth-order valence-corrected chi connectivity index (χ4v) is 4.03. The van der Waals surface area contributed by atoms with E-state index in [-0.39, 0.29) is 11.9 Å². The third-order valence-corrected chi connectivity index (χ3v) is 5.62. The molecule has 1 unspecified atom stereocenters. The summed E-state index contributed by atoms with van der Waals surface area (Å²) in [5.41, 5.74) is 2.38. The van der Waals surface area contributed by atoms with E-state index in [9.17, 15) is 9.59 Å². The average molecular weight is 421 g/mol. The van der Waals surface area contributed by atoms with E-state index >= 15 is 0 Å². The van der Waals surface area contributed by atoms with Crippen LogP contribution in [0.2, 0.25) is 0 Å². The van der Waals surface area contributed by atoms with Crippen molar-refractivity contribution in [3.63, 3.8) is 0 Å². The number of hydrogen-bond donors (Lipinski definition) is 0. The summed E-state index contributed by atoms with van der Waals surface area (Å²) in [6, 6.07) is 11.0. The molecule has 0 bridgehead atoms. The zero-order valence-corrected chi connectivity index (χ0v) is 18.2. The van der Waals surface area contributed by atoms with E-state index in [2.05, 4.69) is 10.1 Å². The Hall–Kier alpha value is -3.22. The topological polar surface area (TPSA) is 77.3 Å². The molecule has 0 spiro atoms. The number of aryl methyl sites for hydroxylation is 1. The first kappa shape index (κ1) is 21.0. The summed E-state index contributed by atoms with van der Waals surface area (Å²) in [4.78, 5) is 33.0. The van der Waals surface area contributed by atoms with Crippen LogP contribution in [-0.2, 0) is 9.53 Å². The van der Waals surface area contributed by atoms with Gasteiger partial charge in [0.05, 0.1) is 17.1 Å². The third-order valence-electron chi connectivity index (χ3n) is 5.62. The van der Waals surface area contributed by atoms with Gasteiger partial charge in [0.15, 0.2) is 5.65 Å². The largest absolute Gasteiger partial charge is 0.444 e. The first-order valence-corrected chi connectivity index (χ1v) is 10.9. The van der Waals surface area contributed by atoms with E-state index in [0.29, 0.717) is 40.9 Å². The van der Waals surface area contributed by atoms with E-state index in [1.165, 1.54) is 0 Å². The molecule has 4 rings (SSSR count). The highest BCUT2D eigenvalue weighted by atomic mass is 16.5. The Balaban J connectivity index is 1.69. The van der Waals surface area contributed by atoms with Crippen molar-refractivity contribution < 1.29 is 14.3 Å². The minimum Gasteiger partial charge on any atom is -0.444 e. The number of carbonyl (C=O) groups excluding carboxylic acids is 2. The van der Waals surface area contributed by atoms with Crippen LogP contribution in [-0.4, -0.2) is 44.6 Å². The van der Waals surface area contributed by atoms with Gasteiger partial charge in [-0.1, -0.05) is 30.3 Å². The number of fused-ring (bicyclic) bond motifs is 1. The van der Waals surface area contributed by atoms with Crippen LogP contribution in [0.3, 0.4) is 0 Å². The van der Waals surface area contributed by atoms with Crippen LogP contribution >= 0.6 is 0 Å². The summed E-state index contributed by atoms with van der Waals surface area (Å²) >= 11 is 0. The number of amides is 1. The molecule has 162 valence electrons. The molecule has 1 fully saturated rings. The van der Waals surface area contributed by atoms with E-state index in [1.807, 2.05) is 51.1 Å². The predicted molar refractivity (Wildman–Crippen MR) is 118 cm³/mol. The Kier molecular flexibility index (Phi) is 6.02. The lowest BCUT2D eigenvalue weighted by Crippen LogP contribution is -2.40. The molecule has 1 aromatic carbocycles. The molecule has 0 N–H and O–H groups in total. The van der Waals surface area contributed by atoms with Gasteiger partial charge in [-0.2, -0.15) is 5.10 Å². The van der Waals surface area contributed by atoms with Crippen LogP contribution < -0.4 is 0 Å². The smallest absolute Gasteiger partial charge is 0.340 e. The van der Waals surface area contributed by atoms with Gasteiger partial charge in [-0.25, -0.2) is 14.5 Å². The van der Waals surface area contributed by atoms with Gasteiger partial charge in [-0.15, -0.1) is 0 Å². The Morgan fingerprint density at radius 1 is 1.06 bits per heavy atom. The number of benzene rings is 1. The minimum atomic E-state index is -0.976. The molecule has 7 nitrogen and oxygen atoms in total. The number of rotatable bonds is 5. The Morgan fingerprint density at radius 2 is 1.77 bits per heavy atom. The number of piperidine rings is 1. The molecule has 1 aliphatic rings. The quantitative estimate of drug-likeness (QED) is 0.577. The number of hydrogen-bond acceptors (Lipinski definition) is 5. The lowest BCUT2D eigenvalue weighted by atomic mass is 10.1. The van der Waals surface area contributed by atoms with Crippen molar-refractivity contribution in [2.24, 2.45) is 0 Å². The molecule has 1 aliphatic heterocycles. The van der Waals surface area contributed by atoms with Crippen LogP contribution in [0.1, 0.15) is 66.9 Å². The van der Waals surface area contributed by atoms with Crippen molar-refractivity contribution in [2.75, 3.05) is 13.1 Å². The number of carbonyl (C=O) groups is 2. The first-order valence-electron chi connectivity index (χ1n) is 10.9. The molecular formula is C24H28N4O3. The maximum absolute atomic E-state index is 13.3. The summed E-state index contributed by atoms with van der Waals surface area (Å²) < 4.78 is 7.66. The van der Waals surface area contributed by atoms with Gasteiger partial charge in [0.2, 0.25) is 6.10 Å². The molecule has 1 amide bonds. The second-order valence-electron chi connectivity index (χ2n) is 8.31. The van der Waals surface area contributed by atoms with Gasteiger partial charge < -0.3 is 9.64 Å². The van der Waals surface area contributed by atoms with Gasteiger partial charge >= 0.3 is 5.97 Å². The zero-order valence-electron chi connectivity index (χ0n) is 18.2. The van der Waals surface area contributed by atoms with E-state index in [1.54, 1.807) is 21.8 Å². The highest BCUT2D eigenvalue weighted by Crippen LogP contribution is 2.27. The minimum absolute atomic E-state index is 0.105. The fraction of sp³-hybridized carbons (Fsp3) is 0.417. The van der Waals surface area contributed by atoms with Gasteiger partial charge in [0.1, 0.15) is 0 Å². The number of aromatic nitrogens is 3. The first-order chi connectivity index (χ1) is 15.0. The van der Waals surface area contributed by atoms with Crippen LogP contribution in [0.4, 0.5) is 0 Å². The van der Waals surface area contributed by atoms with Gasteiger partial charge in [0, 0.05) is 30.4 Å². The summed E-state index contributed by atoms with van der Waals surface area (Å²) in [6.07, 6.45) is 3.73. The summed E-state index contributed by atoms with van der Waals surface area (Å²) in [5, 5.41) is 5.02. The van der Waals surface area contributed by atoms with E-state index < -0.39 is 12.1 Å². The fourth-order valence-electron chi connectivity index (χ4n) is 4.03. The predicted octanol–water partition coefficient (Wildman–Crippen LogP) is 4.23. The molecule has 0 aliphatic carbocycles. The van der Waals surface area contributed by atoms with Crippen LogP contribution in [0.15, 0.2) is 42.6 Å². The van der Waals surface area contributed by atoms with Crippen LogP contribution in [0, 0.1) is 6.92 Å². The standard InChI is InChI=1S/C24H28N4O3/c1-16(2)28-22-20(15-25-28)19(14-17(3)26-22)24(30)31-21(18-10-6-4-7-11-18)23(29)27-12-8-5-9-13-27/h4,6-7,10-11,14-16,21H,5,8-9,12-13H2,1-3H3. The SMILES string of the molecule is Cc1cc(C(=O)OC(C(=O)N2CCCCC2)c2ccccc2)c2cnn(C(C)C)c2n1. The maximum Gasteiger partial charge on any atom is 0.340 e. The molecule has 1 atom stereocenters. The van der Waals surface area contributed by atoms with Crippen molar-refractivity contribution in [3.8, 4) is 0 Å². The highest BCUT2D eigenvalue weighted by Gasteiger charge is 2.31. The molecule has 0 radical (unpaired) electrons. The summed E-state index contributed by atoms with van der Waals surface area (Å²) in [6.45, 7) is 7.24. The molecule has 31 heavy (non-hydrogen) atoms. The summed E-state index contributed by atoms with van der Waals surface area (Å²) in [7, 11) is 0. The van der Waals surface area contributed by atoms with E-state index in [4.69, 9.17) is 4.74 Å². The van der Waals surface area contributed by atoms with Crippen LogP contribution in [0.25, 0.3) is 11.0 Å². The molecule has 7 heteroatoms. The lowest BCUT2D eigenvalue weighted by molar-refractivity contribution is -0.142. The molecule has 0 saturated carbocycles. The van der Waals surface area contributed by atoms with Crippen molar-refractivity contribution in [3.05, 3.63) is 59.4 Å². The average Bonchev–Trinajstić information content (AvgIpc) is 3.21. The second-order valence-corrected chi connectivity index (χ2v) is 8.31. The molecule has 1 saturated heterocycles. The van der Waals surface area contributed by atoms with Crippen molar-refractivity contribution in [1.82, 2.24) is 19.7 Å². The van der Waals surface area contributed by atoms with Gasteiger partial charge in [-0.3, -0.25) is 4.79 Å². The lowest BCUT2D eigenvalue weighted by Gasteiger charge is -2.30.